The predicted octanol–water partition coefficient (Wildman–Crippen LogP) is 1.79. The van der Waals surface area contributed by atoms with E-state index in [-0.39, 0.29) is 16.3 Å². The van der Waals surface area contributed by atoms with Gasteiger partial charge in [-0.2, -0.15) is 0 Å². The second kappa shape index (κ2) is 5.02. The van der Waals surface area contributed by atoms with Gasteiger partial charge in [-0.1, -0.05) is 6.07 Å². The largest absolute Gasteiger partial charge is 0.278 e. The summed E-state index contributed by atoms with van der Waals surface area (Å²) in [6.45, 7) is 0. The summed E-state index contributed by atoms with van der Waals surface area (Å²) in [5, 5.41) is 10.6. The first kappa shape index (κ1) is 13.0. The summed E-state index contributed by atoms with van der Waals surface area (Å²) in [6, 6.07) is 7.93. The Labute approximate surface area is 109 Å². The van der Waals surface area contributed by atoms with Gasteiger partial charge in [-0.05, 0) is 18.2 Å². The third-order valence-corrected chi connectivity index (χ3v) is 3.63. The maximum Gasteiger partial charge on any atom is 0.270 e. The fourth-order valence-corrected chi connectivity index (χ4v) is 2.48. The molecule has 1 heterocycles. The van der Waals surface area contributed by atoms with Gasteiger partial charge in [-0.25, -0.2) is 8.42 Å². The third-order valence-electron chi connectivity index (χ3n) is 2.25. The number of hydrogen-bond donors (Lipinski definition) is 1. The molecule has 0 fully saturated rings. The van der Waals surface area contributed by atoms with Crippen LogP contribution in [0, 0.1) is 10.1 Å². The first-order valence-corrected chi connectivity index (χ1v) is 6.65. The Morgan fingerprint density at radius 2 is 2.00 bits per heavy atom. The zero-order valence-electron chi connectivity index (χ0n) is 9.55. The molecule has 1 N–H and O–H groups in total. The minimum Gasteiger partial charge on any atom is -0.278 e. The number of pyridine rings is 1. The molecule has 0 spiro atoms. The molecular formula is C11H9N3O4S. The molecule has 0 amide bonds. The minimum atomic E-state index is -3.86. The Balaban J connectivity index is 2.35. The number of nitrogens with zero attached hydrogens (tertiary/aromatic N) is 2. The number of nitro groups is 1. The van der Waals surface area contributed by atoms with Gasteiger partial charge < -0.3 is 0 Å². The Morgan fingerprint density at radius 1 is 1.21 bits per heavy atom. The zero-order valence-corrected chi connectivity index (χ0v) is 10.4. The topological polar surface area (TPSA) is 102 Å². The van der Waals surface area contributed by atoms with E-state index in [1.807, 2.05) is 0 Å². The van der Waals surface area contributed by atoms with Crippen LogP contribution >= 0.6 is 0 Å². The third kappa shape index (κ3) is 3.05. The van der Waals surface area contributed by atoms with Crippen molar-refractivity contribution in [2.45, 2.75) is 4.90 Å². The average Bonchev–Trinajstić information content (AvgIpc) is 2.39. The molecule has 1 aromatic carbocycles. The Bertz CT molecular complexity index is 701. The van der Waals surface area contributed by atoms with E-state index in [9.17, 15) is 18.5 Å². The van der Waals surface area contributed by atoms with E-state index in [4.69, 9.17) is 0 Å². The van der Waals surface area contributed by atoms with E-state index in [1.54, 1.807) is 6.07 Å². The summed E-state index contributed by atoms with van der Waals surface area (Å²) in [5.41, 5.74) is 0.00284. The molecule has 7 nitrogen and oxygen atoms in total. The summed E-state index contributed by atoms with van der Waals surface area (Å²) < 4.78 is 26.3. The molecule has 0 saturated carbocycles. The molecule has 19 heavy (non-hydrogen) atoms. The molecule has 0 unspecified atom stereocenters. The van der Waals surface area contributed by atoms with Crippen LogP contribution in [0.5, 0.6) is 0 Å². The molecular weight excluding hydrogens is 270 g/mol. The number of benzene rings is 1. The molecule has 0 bridgehead atoms. The molecule has 0 aliphatic carbocycles. The monoisotopic (exact) mass is 279 g/mol. The van der Waals surface area contributed by atoms with Crippen LogP contribution in [-0.4, -0.2) is 18.3 Å². The van der Waals surface area contributed by atoms with Gasteiger partial charge in [-0.15, -0.1) is 0 Å². The molecule has 8 heteroatoms. The van der Waals surface area contributed by atoms with E-state index in [1.165, 1.54) is 36.7 Å². The summed E-state index contributed by atoms with van der Waals surface area (Å²) in [7, 11) is -3.86. The van der Waals surface area contributed by atoms with Crippen molar-refractivity contribution in [1.29, 1.82) is 0 Å². The van der Waals surface area contributed by atoms with Gasteiger partial charge in [0.05, 0.1) is 21.7 Å². The number of nitro benzene ring substituents is 1. The van der Waals surface area contributed by atoms with E-state index in [0.717, 1.165) is 6.07 Å². The molecule has 2 aromatic rings. The van der Waals surface area contributed by atoms with Crippen molar-refractivity contribution in [3.8, 4) is 0 Å². The lowest BCUT2D eigenvalue weighted by Gasteiger charge is -2.07. The van der Waals surface area contributed by atoms with Crippen LogP contribution in [0.2, 0.25) is 0 Å². The highest BCUT2D eigenvalue weighted by Crippen LogP contribution is 2.19. The molecule has 0 aliphatic heterocycles. The maximum absolute atomic E-state index is 12.0. The van der Waals surface area contributed by atoms with E-state index in [0.29, 0.717) is 0 Å². The highest BCUT2D eigenvalue weighted by atomic mass is 32.2. The SMILES string of the molecule is O=[N+]([O-])c1cccc(S(=O)(=O)Nc2cccnc2)c1. The standard InChI is InChI=1S/C11H9N3O4S/c15-14(16)10-4-1-5-11(7-10)19(17,18)13-9-3-2-6-12-8-9/h1-8,13H. The number of sulfonamides is 1. The van der Waals surface area contributed by atoms with Crippen LogP contribution in [0.1, 0.15) is 0 Å². The smallest absolute Gasteiger partial charge is 0.270 e. The molecule has 1 aromatic heterocycles. The van der Waals surface area contributed by atoms with Crippen molar-refractivity contribution in [1.82, 2.24) is 4.98 Å². The van der Waals surface area contributed by atoms with Crippen LogP contribution in [0.25, 0.3) is 0 Å². The Morgan fingerprint density at radius 3 is 2.63 bits per heavy atom. The molecule has 2 rings (SSSR count). The van der Waals surface area contributed by atoms with Crippen LogP contribution < -0.4 is 4.72 Å². The summed E-state index contributed by atoms with van der Waals surface area (Å²) in [5.74, 6) is 0. The van der Waals surface area contributed by atoms with Gasteiger partial charge in [0.1, 0.15) is 0 Å². The summed E-state index contributed by atoms with van der Waals surface area (Å²) in [6.07, 6.45) is 2.85. The van der Waals surface area contributed by atoms with Crippen molar-refractivity contribution in [3.63, 3.8) is 0 Å². The average molecular weight is 279 g/mol. The van der Waals surface area contributed by atoms with Gasteiger partial charge in [0.15, 0.2) is 0 Å². The fraction of sp³-hybridized carbons (Fsp3) is 0. The van der Waals surface area contributed by atoms with Gasteiger partial charge in [0.25, 0.3) is 15.7 Å². The van der Waals surface area contributed by atoms with Crippen LogP contribution in [0.15, 0.2) is 53.7 Å². The zero-order chi connectivity index (χ0) is 13.9. The number of rotatable bonds is 4. The van der Waals surface area contributed by atoms with E-state index >= 15 is 0 Å². The van der Waals surface area contributed by atoms with Crippen molar-refractivity contribution in [2.24, 2.45) is 0 Å². The fourth-order valence-electron chi connectivity index (χ4n) is 1.40. The first-order chi connectivity index (χ1) is 8.99. The Hall–Kier alpha value is -2.48. The second-order valence-electron chi connectivity index (χ2n) is 3.60. The quantitative estimate of drug-likeness (QED) is 0.679. The van der Waals surface area contributed by atoms with Gasteiger partial charge >= 0.3 is 0 Å². The van der Waals surface area contributed by atoms with Gasteiger partial charge in [0, 0.05) is 18.3 Å². The van der Waals surface area contributed by atoms with Gasteiger partial charge in [0.2, 0.25) is 0 Å². The van der Waals surface area contributed by atoms with Crippen LogP contribution in [0.3, 0.4) is 0 Å². The van der Waals surface area contributed by atoms with E-state index in [2.05, 4.69) is 9.71 Å². The lowest BCUT2D eigenvalue weighted by Crippen LogP contribution is -2.13. The first-order valence-electron chi connectivity index (χ1n) is 5.16. The van der Waals surface area contributed by atoms with Crippen molar-refractivity contribution < 1.29 is 13.3 Å². The number of non-ortho nitro benzene ring substituents is 1. The van der Waals surface area contributed by atoms with Crippen molar-refractivity contribution in [3.05, 3.63) is 58.9 Å². The molecule has 98 valence electrons. The second-order valence-corrected chi connectivity index (χ2v) is 5.28. The maximum atomic E-state index is 12.0. The number of hydrogen-bond acceptors (Lipinski definition) is 5. The lowest BCUT2D eigenvalue weighted by atomic mass is 10.3. The molecule has 0 aliphatic rings. The predicted molar refractivity (Wildman–Crippen MR) is 68.1 cm³/mol. The van der Waals surface area contributed by atoms with Crippen LogP contribution in [-0.2, 0) is 10.0 Å². The summed E-state index contributed by atoms with van der Waals surface area (Å²) in [4.78, 5) is 13.6. The van der Waals surface area contributed by atoms with Crippen molar-refractivity contribution >= 4 is 21.4 Å². The Kier molecular flexibility index (Phi) is 3.43. The van der Waals surface area contributed by atoms with Gasteiger partial charge in [-0.3, -0.25) is 19.8 Å². The number of aromatic nitrogens is 1. The summed E-state index contributed by atoms with van der Waals surface area (Å²) >= 11 is 0. The highest BCUT2D eigenvalue weighted by Gasteiger charge is 2.17. The molecule has 0 radical (unpaired) electrons. The normalized spacial score (nSPS) is 10.9. The number of anilines is 1. The molecule has 0 saturated heterocycles. The lowest BCUT2D eigenvalue weighted by molar-refractivity contribution is -0.385. The minimum absolute atomic E-state index is 0.175. The van der Waals surface area contributed by atoms with E-state index < -0.39 is 14.9 Å². The van der Waals surface area contributed by atoms with Crippen LogP contribution in [0.4, 0.5) is 11.4 Å². The number of nitrogens with one attached hydrogen (secondary N) is 1. The highest BCUT2D eigenvalue weighted by molar-refractivity contribution is 7.92. The van der Waals surface area contributed by atoms with Crippen molar-refractivity contribution in [2.75, 3.05) is 4.72 Å². The molecule has 0 atom stereocenters.